The smallest absolute Gasteiger partial charge is 0.149 e. The van der Waals surface area contributed by atoms with Gasteiger partial charge in [0.05, 0.1) is 22.1 Å². The molecule has 20 heavy (non-hydrogen) atoms. The van der Waals surface area contributed by atoms with E-state index < -0.39 is 0 Å². The second-order valence-electron chi connectivity index (χ2n) is 5.14. The highest BCUT2D eigenvalue weighted by Gasteiger charge is 2.34. The van der Waals surface area contributed by atoms with E-state index in [1.807, 2.05) is 6.07 Å². The van der Waals surface area contributed by atoms with E-state index >= 15 is 0 Å². The minimum atomic E-state index is 0.317. The lowest BCUT2D eigenvalue weighted by Crippen LogP contribution is -2.21. The van der Waals surface area contributed by atoms with Crippen LogP contribution in [0, 0.1) is 5.92 Å². The molecule has 1 N–H and O–H groups in total. The average Bonchev–Trinajstić information content (AvgIpc) is 3.17. The summed E-state index contributed by atoms with van der Waals surface area (Å²) in [5, 5.41) is 4.58. The third-order valence-electron chi connectivity index (χ3n) is 3.72. The Labute approximate surface area is 135 Å². The molecule has 0 bridgehead atoms. The van der Waals surface area contributed by atoms with E-state index in [4.69, 9.17) is 9.15 Å². The Morgan fingerprint density at radius 1 is 1.40 bits per heavy atom. The normalized spacial score (nSPS) is 16.6. The van der Waals surface area contributed by atoms with E-state index in [0.717, 1.165) is 38.0 Å². The fourth-order valence-corrected chi connectivity index (χ4v) is 3.65. The van der Waals surface area contributed by atoms with E-state index in [1.165, 1.54) is 12.8 Å². The molecule has 3 nitrogen and oxygen atoms in total. The standard InChI is InChI=1S/C15H17Br2NO2/c1-3-18-14(8-4-5-8)12-6-9-13(17)11(19-2)7-10(16)15(9)20-12/h6-8,14,18H,3-5H2,1-2H3. The van der Waals surface area contributed by atoms with Crippen molar-refractivity contribution in [3.05, 3.63) is 26.8 Å². The molecule has 2 aromatic rings. The largest absolute Gasteiger partial charge is 0.496 e. The van der Waals surface area contributed by atoms with Gasteiger partial charge in [0.1, 0.15) is 17.1 Å². The molecule has 5 heteroatoms. The third-order valence-corrected chi connectivity index (χ3v) is 5.13. The molecule has 1 saturated carbocycles. The summed E-state index contributed by atoms with van der Waals surface area (Å²) >= 11 is 7.17. The zero-order chi connectivity index (χ0) is 14.3. The van der Waals surface area contributed by atoms with Crippen LogP contribution in [0.4, 0.5) is 0 Å². The van der Waals surface area contributed by atoms with Crippen molar-refractivity contribution < 1.29 is 9.15 Å². The Kier molecular flexibility index (Phi) is 4.11. The molecule has 1 aromatic carbocycles. The van der Waals surface area contributed by atoms with Crippen LogP contribution in [-0.2, 0) is 0 Å². The quantitative estimate of drug-likeness (QED) is 0.761. The number of ether oxygens (including phenoxy) is 1. The molecular formula is C15H17Br2NO2. The second-order valence-corrected chi connectivity index (χ2v) is 6.79. The van der Waals surface area contributed by atoms with Gasteiger partial charge in [0, 0.05) is 5.39 Å². The molecule has 1 fully saturated rings. The van der Waals surface area contributed by atoms with Crippen molar-refractivity contribution in [1.82, 2.24) is 5.32 Å². The number of methoxy groups -OCH3 is 1. The van der Waals surface area contributed by atoms with Crippen LogP contribution in [0.3, 0.4) is 0 Å². The van der Waals surface area contributed by atoms with E-state index in [0.29, 0.717) is 12.0 Å². The summed E-state index contributed by atoms with van der Waals surface area (Å²) in [7, 11) is 1.67. The summed E-state index contributed by atoms with van der Waals surface area (Å²) in [6.07, 6.45) is 2.56. The first-order valence-electron chi connectivity index (χ1n) is 6.84. The lowest BCUT2D eigenvalue weighted by molar-refractivity contribution is 0.402. The van der Waals surface area contributed by atoms with Crippen molar-refractivity contribution >= 4 is 42.8 Å². The van der Waals surface area contributed by atoms with Crippen LogP contribution in [0.15, 0.2) is 25.5 Å². The maximum atomic E-state index is 6.10. The Hall–Kier alpha value is -0.520. The first-order valence-corrected chi connectivity index (χ1v) is 8.43. The highest BCUT2D eigenvalue weighted by atomic mass is 79.9. The van der Waals surface area contributed by atoms with Crippen molar-refractivity contribution in [1.29, 1.82) is 0 Å². The first kappa shape index (κ1) is 14.4. The molecule has 0 saturated heterocycles. The SMILES string of the molecule is CCNC(c1cc2c(Br)c(OC)cc(Br)c2o1)C1CC1. The van der Waals surface area contributed by atoms with Gasteiger partial charge < -0.3 is 14.5 Å². The molecular weight excluding hydrogens is 386 g/mol. The summed E-state index contributed by atoms with van der Waals surface area (Å²) in [6.45, 7) is 3.08. The zero-order valence-electron chi connectivity index (χ0n) is 11.5. The highest BCUT2D eigenvalue weighted by molar-refractivity contribution is 9.11. The van der Waals surface area contributed by atoms with Crippen molar-refractivity contribution in [3.63, 3.8) is 0 Å². The van der Waals surface area contributed by atoms with Gasteiger partial charge in [0.25, 0.3) is 0 Å². The molecule has 0 spiro atoms. The van der Waals surface area contributed by atoms with Crippen molar-refractivity contribution in [3.8, 4) is 5.75 Å². The van der Waals surface area contributed by atoms with Gasteiger partial charge in [-0.1, -0.05) is 6.92 Å². The first-order chi connectivity index (χ1) is 9.65. The number of fused-ring (bicyclic) bond motifs is 1. The second kappa shape index (κ2) is 5.70. The Balaban J connectivity index is 2.09. The number of rotatable bonds is 5. The minimum absolute atomic E-state index is 0.317. The van der Waals surface area contributed by atoms with Gasteiger partial charge in [-0.05, 0) is 69.3 Å². The summed E-state index contributed by atoms with van der Waals surface area (Å²) in [5.41, 5.74) is 0.872. The third kappa shape index (κ3) is 2.51. The molecule has 3 rings (SSSR count). The number of hydrogen-bond acceptors (Lipinski definition) is 3. The van der Waals surface area contributed by atoms with E-state index in [2.05, 4.69) is 50.2 Å². The molecule has 0 radical (unpaired) electrons. The topological polar surface area (TPSA) is 34.4 Å². The van der Waals surface area contributed by atoms with E-state index in [1.54, 1.807) is 7.11 Å². The fraction of sp³-hybridized carbons (Fsp3) is 0.467. The van der Waals surface area contributed by atoms with Crippen LogP contribution in [0.25, 0.3) is 11.0 Å². The van der Waals surface area contributed by atoms with Crippen molar-refractivity contribution in [2.24, 2.45) is 5.92 Å². The maximum absolute atomic E-state index is 6.10. The zero-order valence-corrected chi connectivity index (χ0v) is 14.7. The van der Waals surface area contributed by atoms with E-state index in [9.17, 15) is 0 Å². The maximum Gasteiger partial charge on any atom is 0.149 e. The Morgan fingerprint density at radius 3 is 2.75 bits per heavy atom. The predicted octanol–water partition coefficient (Wildman–Crippen LogP) is 5.03. The number of halogens is 2. The Morgan fingerprint density at radius 2 is 2.15 bits per heavy atom. The van der Waals surface area contributed by atoms with Crippen LogP contribution in [0.2, 0.25) is 0 Å². The molecule has 108 valence electrons. The fourth-order valence-electron chi connectivity index (χ4n) is 2.58. The molecule has 1 atom stereocenters. The number of hydrogen-bond donors (Lipinski definition) is 1. The van der Waals surface area contributed by atoms with Gasteiger partial charge in [0.2, 0.25) is 0 Å². The highest BCUT2D eigenvalue weighted by Crippen LogP contribution is 2.45. The molecule has 1 aliphatic rings. The van der Waals surface area contributed by atoms with Crippen LogP contribution >= 0.6 is 31.9 Å². The molecule has 0 amide bonds. The van der Waals surface area contributed by atoms with Gasteiger partial charge in [-0.15, -0.1) is 0 Å². The van der Waals surface area contributed by atoms with Crippen molar-refractivity contribution in [2.75, 3.05) is 13.7 Å². The van der Waals surface area contributed by atoms with Gasteiger partial charge in [-0.3, -0.25) is 0 Å². The summed E-state index contributed by atoms with van der Waals surface area (Å²) in [6, 6.07) is 4.37. The number of nitrogens with one attached hydrogen (secondary N) is 1. The van der Waals surface area contributed by atoms with Crippen LogP contribution in [0.1, 0.15) is 31.6 Å². The van der Waals surface area contributed by atoms with Crippen LogP contribution in [0.5, 0.6) is 5.75 Å². The molecule has 1 unspecified atom stereocenters. The monoisotopic (exact) mass is 401 g/mol. The summed E-state index contributed by atoms with van der Waals surface area (Å²) < 4.78 is 13.3. The van der Waals surface area contributed by atoms with Crippen LogP contribution in [-0.4, -0.2) is 13.7 Å². The Bertz CT molecular complexity index is 634. The summed E-state index contributed by atoms with van der Waals surface area (Å²) in [5.74, 6) is 2.53. The molecule has 1 heterocycles. The number of benzene rings is 1. The van der Waals surface area contributed by atoms with Crippen molar-refractivity contribution in [2.45, 2.75) is 25.8 Å². The molecule has 1 aromatic heterocycles. The number of furan rings is 1. The molecule has 1 aliphatic carbocycles. The van der Waals surface area contributed by atoms with Gasteiger partial charge >= 0.3 is 0 Å². The predicted molar refractivity (Wildman–Crippen MR) is 87.3 cm³/mol. The average molecular weight is 403 g/mol. The van der Waals surface area contributed by atoms with Gasteiger partial charge in [0.15, 0.2) is 0 Å². The molecule has 0 aliphatic heterocycles. The lowest BCUT2D eigenvalue weighted by atomic mass is 10.1. The van der Waals surface area contributed by atoms with Gasteiger partial charge in [-0.2, -0.15) is 0 Å². The minimum Gasteiger partial charge on any atom is -0.496 e. The van der Waals surface area contributed by atoms with Gasteiger partial charge in [-0.25, -0.2) is 0 Å². The lowest BCUT2D eigenvalue weighted by Gasteiger charge is -2.13. The van der Waals surface area contributed by atoms with Crippen LogP contribution < -0.4 is 10.1 Å². The summed E-state index contributed by atoms with van der Waals surface area (Å²) in [4.78, 5) is 0. The van der Waals surface area contributed by atoms with E-state index in [-0.39, 0.29) is 0 Å².